The summed E-state index contributed by atoms with van der Waals surface area (Å²) in [4.78, 5) is 24.2. The van der Waals surface area contributed by atoms with Gasteiger partial charge in [0.25, 0.3) is 0 Å². The van der Waals surface area contributed by atoms with Gasteiger partial charge in [-0.05, 0) is 81.6 Å². The highest BCUT2D eigenvalue weighted by Gasteiger charge is 2.20. The van der Waals surface area contributed by atoms with E-state index in [4.69, 9.17) is 10.2 Å². The van der Waals surface area contributed by atoms with E-state index in [1.54, 1.807) is 0 Å². The number of hydrogen-bond acceptors (Lipinski definition) is 4. The molecule has 0 unspecified atom stereocenters. The highest BCUT2D eigenvalue weighted by molar-refractivity contribution is 5.89. The van der Waals surface area contributed by atoms with Crippen LogP contribution in [0.25, 0.3) is 0 Å². The zero-order chi connectivity index (χ0) is 26.5. The lowest BCUT2D eigenvalue weighted by molar-refractivity contribution is -0.134. The van der Waals surface area contributed by atoms with Crippen LogP contribution in [0.4, 0.5) is 11.4 Å². The second kappa shape index (κ2) is 14.6. The first-order chi connectivity index (χ1) is 17.9. The number of carbonyl (C=O) groups is 2. The lowest BCUT2D eigenvalue weighted by atomic mass is 9.88. The first kappa shape index (κ1) is 27.7. The van der Waals surface area contributed by atoms with E-state index in [0.717, 1.165) is 12.5 Å². The smallest absolute Gasteiger partial charge is 0.328 e. The van der Waals surface area contributed by atoms with Crippen molar-refractivity contribution in [2.24, 2.45) is 0 Å². The standard InChI is InChI=1S/C27H32N2.C4H4O4/c1-23-10-8-11-25(22-23)24-16-20-28(21-17-24)18-9-19-29(26-12-4-2-5-13-26)27-14-6-3-7-15-27;5-3(6)1-2-4(7)8/h2-8,10-15,22,24H,9,16-21H2,1H3;1-2H,(H,5,6)(H,7,8)/b;2-1+. The van der Waals surface area contributed by atoms with Gasteiger partial charge in [0, 0.05) is 30.1 Å². The SMILES string of the molecule is Cc1cccc(C2CCN(CCCN(c3ccccc3)c3ccccc3)CC2)c1.O=C(O)/C=C/C(=O)O. The molecule has 0 amide bonds. The molecule has 1 heterocycles. The fourth-order valence-electron chi connectivity index (χ4n) is 4.63. The van der Waals surface area contributed by atoms with Crippen molar-refractivity contribution in [1.29, 1.82) is 0 Å². The second-order valence-electron chi connectivity index (χ2n) is 9.22. The van der Waals surface area contributed by atoms with Gasteiger partial charge in [0.2, 0.25) is 0 Å². The van der Waals surface area contributed by atoms with Gasteiger partial charge < -0.3 is 20.0 Å². The lowest BCUT2D eigenvalue weighted by Crippen LogP contribution is -2.35. The van der Waals surface area contributed by atoms with E-state index < -0.39 is 11.9 Å². The largest absolute Gasteiger partial charge is 0.478 e. The molecule has 3 aromatic rings. The van der Waals surface area contributed by atoms with Gasteiger partial charge >= 0.3 is 11.9 Å². The maximum absolute atomic E-state index is 9.55. The zero-order valence-corrected chi connectivity index (χ0v) is 21.4. The van der Waals surface area contributed by atoms with Crippen molar-refractivity contribution >= 4 is 23.3 Å². The molecule has 0 saturated carbocycles. The molecule has 3 aromatic carbocycles. The van der Waals surface area contributed by atoms with Crippen LogP contribution in [0.1, 0.15) is 36.3 Å². The average molecular weight is 501 g/mol. The molecule has 0 spiro atoms. The van der Waals surface area contributed by atoms with Crippen LogP contribution in [-0.2, 0) is 9.59 Å². The molecule has 194 valence electrons. The van der Waals surface area contributed by atoms with E-state index in [9.17, 15) is 9.59 Å². The number of carboxylic acids is 2. The monoisotopic (exact) mass is 500 g/mol. The molecular weight excluding hydrogens is 464 g/mol. The summed E-state index contributed by atoms with van der Waals surface area (Å²) >= 11 is 0. The Kier molecular flexibility index (Phi) is 10.9. The fraction of sp³-hybridized carbons (Fsp3) is 0.290. The fourth-order valence-corrected chi connectivity index (χ4v) is 4.63. The van der Waals surface area contributed by atoms with E-state index in [-0.39, 0.29) is 0 Å². The van der Waals surface area contributed by atoms with Gasteiger partial charge in [-0.25, -0.2) is 9.59 Å². The van der Waals surface area contributed by atoms with Gasteiger partial charge in [0.1, 0.15) is 0 Å². The van der Waals surface area contributed by atoms with Crippen molar-refractivity contribution in [3.05, 3.63) is 108 Å². The quantitative estimate of drug-likeness (QED) is 0.345. The Morgan fingerprint density at radius 2 is 1.38 bits per heavy atom. The topological polar surface area (TPSA) is 81.1 Å². The zero-order valence-electron chi connectivity index (χ0n) is 21.4. The van der Waals surface area contributed by atoms with Crippen LogP contribution in [0.5, 0.6) is 0 Å². The molecule has 0 aromatic heterocycles. The molecule has 2 N–H and O–H groups in total. The first-order valence-electron chi connectivity index (χ1n) is 12.7. The number of aryl methyl sites for hydroxylation is 1. The van der Waals surface area contributed by atoms with E-state index in [1.807, 2.05) is 0 Å². The number of para-hydroxylation sites is 2. The molecule has 0 atom stereocenters. The van der Waals surface area contributed by atoms with Crippen LogP contribution >= 0.6 is 0 Å². The third-order valence-electron chi connectivity index (χ3n) is 6.46. The predicted octanol–water partition coefficient (Wildman–Crippen LogP) is 6.11. The maximum atomic E-state index is 9.55. The molecule has 1 aliphatic rings. The number of hydrogen-bond donors (Lipinski definition) is 2. The average Bonchev–Trinajstić information content (AvgIpc) is 2.92. The first-order valence-corrected chi connectivity index (χ1v) is 12.7. The molecule has 4 rings (SSSR count). The predicted molar refractivity (Wildman–Crippen MR) is 149 cm³/mol. The normalized spacial score (nSPS) is 14.1. The van der Waals surface area contributed by atoms with Gasteiger partial charge in [0.15, 0.2) is 0 Å². The van der Waals surface area contributed by atoms with Crippen LogP contribution in [0.2, 0.25) is 0 Å². The number of anilines is 2. The second-order valence-corrected chi connectivity index (χ2v) is 9.22. The lowest BCUT2D eigenvalue weighted by Gasteiger charge is -2.33. The summed E-state index contributed by atoms with van der Waals surface area (Å²) in [6, 6.07) is 30.6. The summed E-state index contributed by atoms with van der Waals surface area (Å²) in [7, 11) is 0. The summed E-state index contributed by atoms with van der Waals surface area (Å²) < 4.78 is 0. The Morgan fingerprint density at radius 1 is 0.838 bits per heavy atom. The minimum Gasteiger partial charge on any atom is -0.478 e. The van der Waals surface area contributed by atoms with Crippen molar-refractivity contribution in [3.63, 3.8) is 0 Å². The van der Waals surface area contributed by atoms with Crippen molar-refractivity contribution < 1.29 is 19.8 Å². The van der Waals surface area contributed by atoms with Crippen molar-refractivity contribution in [2.45, 2.75) is 32.1 Å². The van der Waals surface area contributed by atoms with Crippen LogP contribution in [0.3, 0.4) is 0 Å². The number of rotatable bonds is 9. The van der Waals surface area contributed by atoms with E-state index >= 15 is 0 Å². The van der Waals surface area contributed by atoms with E-state index in [1.165, 1.54) is 61.4 Å². The molecule has 0 bridgehead atoms. The number of piperidine rings is 1. The minimum atomic E-state index is -1.26. The van der Waals surface area contributed by atoms with Gasteiger partial charge in [-0.1, -0.05) is 66.2 Å². The number of carboxylic acid groups (broad SMARTS) is 2. The minimum absolute atomic E-state index is 0.558. The van der Waals surface area contributed by atoms with E-state index in [2.05, 4.69) is 102 Å². The van der Waals surface area contributed by atoms with Crippen LogP contribution in [-0.4, -0.2) is 53.2 Å². The summed E-state index contributed by atoms with van der Waals surface area (Å²) in [5.74, 6) is -1.78. The van der Waals surface area contributed by atoms with Gasteiger partial charge in [-0.3, -0.25) is 0 Å². The van der Waals surface area contributed by atoms with Crippen molar-refractivity contribution in [2.75, 3.05) is 31.1 Å². The summed E-state index contributed by atoms with van der Waals surface area (Å²) in [5, 5.41) is 15.6. The molecule has 1 saturated heterocycles. The Labute approximate surface area is 219 Å². The maximum Gasteiger partial charge on any atom is 0.328 e. The van der Waals surface area contributed by atoms with Crippen LogP contribution in [0, 0.1) is 6.92 Å². The van der Waals surface area contributed by atoms with Crippen molar-refractivity contribution in [3.8, 4) is 0 Å². The van der Waals surface area contributed by atoms with Gasteiger partial charge in [-0.2, -0.15) is 0 Å². The summed E-state index contributed by atoms with van der Waals surface area (Å²) in [5.41, 5.74) is 5.46. The van der Waals surface area contributed by atoms with Crippen LogP contribution in [0.15, 0.2) is 97.1 Å². The molecule has 1 fully saturated rings. The highest BCUT2D eigenvalue weighted by atomic mass is 16.4. The molecule has 6 heteroatoms. The molecule has 37 heavy (non-hydrogen) atoms. The molecule has 1 aliphatic heterocycles. The third-order valence-corrected chi connectivity index (χ3v) is 6.46. The van der Waals surface area contributed by atoms with Crippen LogP contribution < -0.4 is 4.90 Å². The third kappa shape index (κ3) is 9.58. The highest BCUT2D eigenvalue weighted by Crippen LogP contribution is 2.29. The molecule has 0 aliphatic carbocycles. The van der Waals surface area contributed by atoms with Crippen molar-refractivity contribution in [1.82, 2.24) is 4.90 Å². The van der Waals surface area contributed by atoms with Gasteiger partial charge in [0.05, 0.1) is 0 Å². The molecular formula is C31H36N2O4. The molecule has 0 radical (unpaired) electrons. The molecule has 6 nitrogen and oxygen atoms in total. The Hall–Kier alpha value is -3.90. The Balaban J connectivity index is 0.000000414. The van der Waals surface area contributed by atoms with Gasteiger partial charge in [-0.15, -0.1) is 0 Å². The summed E-state index contributed by atoms with van der Waals surface area (Å²) in [6.45, 7) is 6.86. The summed E-state index contributed by atoms with van der Waals surface area (Å²) in [6.07, 6.45) is 4.86. The number of benzene rings is 3. The Bertz CT molecular complexity index is 1080. The van der Waals surface area contributed by atoms with E-state index in [0.29, 0.717) is 12.2 Å². The number of likely N-dealkylation sites (tertiary alicyclic amines) is 1. The Morgan fingerprint density at radius 3 is 1.86 bits per heavy atom. The number of aliphatic carboxylic acids is 2. The number of nitrogens with zero attached hydrogens (tertiary/aromatic N) is 2.